The lowest BCUT2D eigenvalue weighted by Gasteiger charge is -2.27. The average molecular weight is 485 g/mol. The summed E-state index contributed by atoms with van der Waals surface area (Å²) in [7, 11) is 0. The van der Waals surface area contributed by atoms with E-state index in [0.717, 1.165) is 19.6 Å². The molecule has 0 aliphatic carbocycles. The number of carbonyl (C=O) groups is 2. The van der Waals surface area contributed by atoms with Gasteiger partial charge in [-0.15, -0.1) is 0 Å². The first-order chi connectivity index (χ1) is 16.4. The molecule has 2 aromatic rings. The number of nitrogens with zero attached hydrogens (tertiary/aromatic N) is 2. The van der Waals surface area contributed by atoms with Crippen molar-refractivity contribution in [2.24, 2.45) is 0 Å². The van der Waals surface area contributed by atoms with Crippen molar-refractivity contribution in [1.82, 2.24) is 9.80 Å². The molecule has 2 aliphatic rings. The van der Waals surface area contributed by atoms with Crippen LogP contribution in [0.25, 0.3) is 5.76 Å². The molecule has 0 spiro atoms. The number of hydrogen-bond acceptors (Lipinski definition) is 6. The summed E-state index contributed by atoms with van der Waals surface area (Å²) in [6.45, 7) is 8.05. The Bertz CT molecular complexity index is 1110. The molecule has 1 N–H and O–H groups in total. The molecule has 7 nitrogen and oxygen atoms in total. The van der Waals surface area contributed by atoms with E-state index in [0.29, 0.717) is 53.8 Å². The van der Waals surface area contributed by atoms with Gasteiger partial charge in [-0.3, -0.25) is 9.59 Å². The second-order valence-electron chi connectivity index (χ2n) is 8.29. The maximum absolute atomic E-state index is 13.2. The number of Topliss-reactive ketones (excluding diaryl/α,β-unsaturated/α-hetero) is 1. The van der Waals surface area contributed by atoms with Gasteiger partial charge in [-0.2, -0.15) is 0 Å². The fourth-order valence-electron chi connectivity index (χ4n) is 4.48. The van der Waals surface area contributed by atoms with Gasteiger partial charge >= 0.3 is 0 Å². The summed E-state index contributed by atoms with van der Waals surface area (Å²) < 4.78 is 11.2. The van der Waals surface area contributed by atoms with Gasteiger partial charge in [0.2, 0.25) is 0 Å². The minimum Gasteiger partial charge on any atom is -0.507 e. The number of halogens is 1. The molecule has 0 radical (unpaired) electrons. The minimum atomic E-state index is -0.733. The zero-order valence-electron chi connectivity index (χ0n) is 19.4. The highest BCUT2D eigenvalue weighted by atomic mass is 35.5. The molecule has 8 heteroatoms. The molecule has 4 rings (SSSR count). The Morgan fingerprint density at radius 2 is 1.82 bits per heavy atom. The third-order valence-corrected chi connectivity index (χ3v) is 6.52. The van der Waals surface area contributed by atoms with Crippen LogP contribution < -0.4 is 9.47 Å². The molecule has 1 saturated heterocycles. The van der Waals surface area contributed by atoms with Gasteiger partial charge in [0.25, 0.3) is 11.7 Å². The molecule has 2 heterocycles. The lowest BCUT2D eigenvalue weighted by Crippen LogP contribution is -2.33. The van der Waals surface area contributed by atoms with Crippen molar-refractivity contribution in [3.8, 4) is 11.5 Å². The highest BCUT2D eigenvalue weighted by molar-refractivity contribution is 6.46. The zero-order valence-corrected chi connectivity index (χ0v) is 20.2. The summed E-state index contributed by atoms with van der Waals surface area (Å²) in [4.78, 5) is 30.1. The highest BCUT2D eigenvalue weighted by Gasteiger charge is 2.46. The largest absolute Gasteiger partial charge is 0.507 e. The first-order valence-corrected chi connectivity index (χ1v) is 12.0. The number of hydrogen-bond donors (Lipinski definition) is 1. The predicted molar refractivity (Wildman–Crippen MR) is 130 cm³/mol. The quantitative estimate of drug-likeness (QED) is 0.342. The second kappa shape index (κ2) is 10.5. The lowest BCUT2D eigenvalue weighted by molar-refractivity contribution is -0.140. The van der Waals surface area contributed by atoms with E-state index < -0.39 is 17.7 Å². The summed E-state index contributed by atoms with van der Waals surface area (Å²) >= 11 is 6.25. The lowest BCUT2D eigenvalue weighted by atomic mass is 9.95. The van der Waals surface area contributed by atoms with Gasteiger partial charge < -0.3 is 24.4 Å². The Hall–Kier alpha value is -3.03. The first kappa shape index (κ1) is 24.1. The summed E-state index contributed by atoms with van der Waals surface area (Å²) in [6, 6.07) is 11.3. The van der Waals surface area contributed by atoms with Gasteiger partial charge in [0.05, 0.1) is 11.6 Å². The first-order valence-electron chi connectivity index (χ1n) is 11.6. The van der Waals surface area contributed by atoms with Crippen molar-refractivity contribution >= 4 is 29.1 Å². The summed E-state index contributed by atoms with van der Waals surface area (Å²) in [5.41, 5.74) is 1.11. The van der Waals surface area contributed by atoms with Gasteiger partial charge in [-0.1, -0.05) is 37.6 Å². The zero-order chi connectivity index (χ0) is 24.2. The maximum Gasteiger partial charge on any atom is 0.295 e. The molecular formula is C26H29ClN2O5. The molecule has 1 fully saturated rings. The minimum absolute atomic E-state index is 0.0479. The Labute approximate surface area is 204 Å². The van der Waals surface area contributed by atoms with Crippen LogP contribution in [0.4, 0.5) is 0 Å². The van der Waals surface area contributed by atoms with Gasteiger partial charge in [0.1, 0.15) is 19.0 Å². The maximum atomic E-state index is 13.2. The highest BCUT2D eigenvalue weighted by Crippen LogP contribution is 2.41. The van der Waals surface area contributed by atoms with Crippen LogP contribution in [0.3, 0.4) is 0 Å². The van der Waals surface area contributed by atoms with E-state index in [1.807, 2.05) is 6.07 Å². The summed E-state index contributed by atoms with van der Waals surface area (Å²) in [6.07, 6.45) is 0.704. The number of aliphatic hydroxyl groups is 1. The number of rotatable bonds is 8. The van der Waals surface area contributed by atoms with E-state index >= 15 is 0 Å². The monoisotopic (exact) mass is 484 g/mol. The van der Waals surface area contributed by atoms with Gasteiger partial charge in [-0.25, -0.2) is 0 Å². The molecule has 1 amide bonds. The summed E-state index contributed by atoms with van der Waals surface area (Å²) in [5, 5.41) is 11.8. The van der Waals surface area contributed by atoms with Crippen molar-refractivity contribution in [3.05, 3.63) is 64.2 Å². The topological polar surface area (TPSA) is 79.3 Å². The third-order valence-electron chi connectivity index (χ3n) is 6.29. The average Bonchev–Trinajstić information content (AvgIpc) is 3.11. The fraction of sp³-hybridized carbons (Fsp3) is 0.385. The standard InChI is InChI=1S/C26H29ClN2O5/c1-3-28(4-2)11-6-12-29-23(17-7-5-8-19(27)15-17)22(25(31)26(29)32)24(30)18-9-10-20-21(16-18)34-14-13-33-20/h5,7-10,15-16,23,30H,3-4,6,11-14H2,1-2H3/b24-22-. The number of likely N-dealkylation sites (tertiary alicyclic amines) is 1. The number of amides is 1. The number of carbonyl (C=O) groups excluding carboxylic acids is 2. The molecule has 34 heavy (non-hydrogen) atoms. The number of benzene rings is 2. The number of ketones is 1. The predicted octanol–water partition coefficient (Wildman–Crippen LogP) is 4.26. The van der Waals surface area contributed by atoms with Crippen LogP contribution >= 0.6 is 11.6 Å². The van der Waals surface area contributed by atoms with Crippen LogP contribution in [0, 0.1) is 0 Å². The van der Waals surface area contributed by atoms with Crippen molar-refractivity contribution in [3.63, 3.8) is 0 Å². The summed E-state index contributed by atoms with van der Waals surface area (Å²) in [5.74, 6) is -0.510. The van der Waals surface area contributed by atoms with E-state index in [2.05, 4.69) is 18.7 Å². The van der Waals surface area contributed by atoms with Gasteiger partial charge in [0.15, 0.2) is 11.5 Å². The Balaban J connectivity index is 1.73. The molecule has 0 saturated carbocycles. The van der Waals surface area contributed by atoms with E-state index in [1.165, 1.54) is 0 Å². The van der Waals surface area contributed by atoms with Crippen molar-refractivity contribution in [1.29, 1.82) is 0 Å². The number of aliphatic hydroxyl groups excluding tert-OH is 1. The number of ether oxygens (including phenoxy) is 2. The molecule has 1 unspecified atom stereocenters. The molecule has 2 aliphatic heterocycles. The van der Waals surface area contributed by atoms with Crippen molar-refractivity contribution in [2.75, 3.05) is 39.4 Å². The van der Waals surface area contributed by atoms with Crippen LogP contribution in [-0.2, 0) is 9.59 Å². The van der Waals surface area contributed by atoms with Gasteiger partial charge in [-0.05, 0) is 62.0 Å². The molecule has 180 valence electrons. The number of fused-ring (bicyclic) bond motifs is 1. The van der Waals surface area contributed by atoms with Gasteiger partial charge in [0, 0.05) is 17.1 Å². The van der Waals surface area contributed by atoms with Crippen LogP contribution in [0.1, 0.15) is 37.4 Å². The van der Waals surface area contributed by atoms with Crippen LogP contribution in [0.15, 0.2) is 48.0 Å². The molecule has 0 bridgehead atoms. The second-order valence-corrected chi connectivity index (χ2v) is 8.72. The normalized spacial score (nSPS) is 19.2. The fourth-order valence-corrected chi connectivity index (χ4v) is 4.68. The Kier molecular flexibility index (Phi) is 7.44. The van der Waals surface area contributed by atoms with Crippen LogP contribution in [-0.4, -0.2) is 66.0 Å². The van der Waals surface area contributed by atoms with E-state index in [4.69, 9.17) is 21.1 Å². The SMILES string of the molecule is CCN(CC)CCCN1C(=O)C(=O)/C(=C(\O)c2ccc3c(c2)OCCO3)C1c1cccc(Cl)c1. The van der Waals surface area contributed by atoms with E-state index in [-0.39, 0.29) is 11.3 Å². The van der Waals surface area contributed by atoms with E-state index in [1.54, 1.807) is 41.3 Å². The Morgan fingerprint density at radius 1 is 1.09 bits per heavy atom. The third kappa shape index (κ3) is 4.76. The molecule has 2 aromatic carbocycles. The van der Waals surface area contributed by atoms with E-state index in [9.17, 15) is 14.7 Å². The molecule has 1 atom stereocenters. The molecule has 0 aromatic heterocycles. The van der Waals surface area contributed by atoms with Crippen molar-refractivity contribution < 1.29 is 24.2 Å². The van der Waals surface area contributed by atoms with Crippen LogP contribution in [0.2, 0.25) is 5.02 Å². The van der Waals surface area contributed by atoms with Crippen LogP contribution in [0.5, 0.6) is 11.5 Å². The van der Waals surface area contributed by atoms with Crippen molar-refractivity contribution in [2.45, 2.75) is 26.3 Å². The smallest absolute Gasteiger partial charge is 0.295 e. The molecular weight excluding hydrogens is 456 g/mol. The Morgan fingerprint density at radius 3 is 2.53 bits per heavy atom.